The van der Waals surface area contributed by atoms with Gasteiger partial charge < -0.3 is 15.2 Å². The maximum Gasteiger partial charge on any atom is 0.307 e. The lowest BCUT2D eigenvalue weighted by atomic mass is 9.94. The van der Waals surface area contributed by atoms with Crippen LogP contribution in [-0.2, 0) is 9.53 Å². The Morgan fingerprint density at radius 1 is 1.25 bits per heavy atom. The highest BCUT2D eigenvalue weighted by molar-refractivity contribution is 5.85. The molecule has 0 aliphatic carbocycles. The van der Waals surface area contributed by atoms with Crippen molar-refractivity contribution in [3.8, 4) is 16.9 Å². The molecule has 0 saturated heterocycles. The van der Waals surface area contributed by atoms with E-state index in [-0.39, 0.29) is 24.8 Å². The number of methoxy groups -OCH3 is 1. The van der Waals surface area contributed by atoms with E-state index in [1.54, 1.807) is 0 Å². The fraction of sp³-hybridized carbons (Fsp3) is 0.348. The van der Waals surface area contributed by atoms with Crippen molar-refractivity contribution in [2.24, 2.45) is 5.73 Å². The molecule has 5 heteroatoms. The van der Waals surface area contributed by atoms with Crippen molar-refractivity contribution in [2.45, 2.75) is 39.2 Å². The van der Waals surface area contributed by atoms with E-state index >= 15 is 0 Å². The number of carbonyl (C=O) groups excluding carboxylic acids is 1. The largest absolute Gasteiger partial charge is 0.493 e. The van der Waals surface area contributed by atoms with Gasteiger partial charge >= 0.3 is 5.97 Å². The van der Waals surface area contributed by atoms with Crippen molar-refractivity contribution in [1.82, 2.24) is 0 Å². The molecule has 4 nitrogen and oxygen atoms in total. The number of halogens is 1. The number of allylic oxidation sites excluding steroid dienone is 1. The lowest BCUT2D eigenvalue weighted by molar-refractivity contribution is -0.141. The fourth-order valence-electron chi connectivity index (χ4n) is 3.13. The Bertz CT molecular complexity index is 804. The van der Waals surface area contributed by atoms with Crippen molar-refractivity contribution in [3.63, 3.8) is 0 Å². The van der Waals surface area contributed by atoms with Crippen LogP contribution in [0.2, 0.25) is 0 Å². The third kappa shape index (κ3) is 6.39. The molecule has 0 heterocycles. The molecule has 0 amide bonds. The van der Waals surface area contributed by atoms with Gasteiger partial charge in [0.05, 0.1) is 20.1 Å². The second-order valence-corrected chi connectivity index (χ2v) is 6.75. The molecule has 1 atom stereocenters. The van der Waals surface area contributed by atoms with Gasteiger partial charge in [0.25, 0.3) is 0 Å². The first-order valence-electron chi connectivity index (χ1n) is 9.24. The number of nitrogens with two attached hydrogens (primary N) is 1. The minimum atomic E-state index is -0.403. The van der Waals surface area contributed by atoms with Crippen molar-refractivity contribution in [3.05, 3.63) is 65.7 Å². The molecular weight excluding hydrogens is 374 g/mol. The summed E-state index contributed by atoms with van der Waals surface area (Å²) in [6, 6.07) is 11.8. The van der Waals surface area contributed by atoms with Crippen molar-refractivity contribution in [2.75, 3.05) is 13.7 Å². The quantitative estimate of drug-likeness (QED) is 0.350. The first-order chi connectivity index (χ1) is 13.0. The summed E-state index contributed by atoms with van der Waals surface area (Å²) in [5.41, 5.74) is 11.5. The first kappa shape index (κ1) is 23.7. The van der Waals surface area contributed by atoms with E-state index in [0.29, 0.717) is 6.61 Å². The molecule has 0 aromatic heterocycles. The van der Waals surface area contributed by atoms with Crippen LogP contribution in [0.4, 0.5) is 0 Å². The topological polar surface area (TPSA) is 61.5 Å². The second kappa shape index (κ2) is 11.5. The van der Waals surface area contributed by atoms with E-state index in [1.165, 1.54) is 7.11 Å². The van der Waals surface area contributed by atoms with Gasteiger partial charge in [0, 0.05) is 11.6 Å². The van der Waals surface area contributed by atoms with Gasteiger partial charge in [0.15, 0.2) is 0 Å². The van der Waals surface area contributed by atoms with Gasteiger partial charge in [0.2, 0.25) is 0 Å². The minimum absolute atomic E-state index is 0. The molecule has 2 aromatic carbocycles. The number of carbonyl (C=O) groups is 1. The second-order valence-electron chi connectivity index (χ2n) is 6.75. The zero-order valence-electron chi connectivity index (χ0n) is 16.9. The maximum atomic E-state index is 11.5. The summed E-state index contributed by atoms with van der Waals surface area (Å²) >= 11 is 0. The molecule has 28 heavy (non-hydrogen) atoms. The molecule has 0 unspecified atom stereocenters. The Morgan fingerprint density at radius 2 is 2.00 bits per heavy atom. The van der Waals surface area contributed by atoms with Crippen LogP contribution in [0.5, 0.6) is 5.75 Å². The predicted octanol–water partition coefficient (Wildman–Crippen LogP) is 5.30. The van der Waals surface area contributed by atoms with E-state index in [9.17, 15) is 4.79 Å². The average Bonchev–Trinajstić information content (AvgIpc) is 2.64. The van der Waals surface area contributed by atoms with E-state index in [0.717, 1.165) is 46.4 Å². The summed E-state index contributed by atoms with van der Waals surface area (Å²) in [6.07, 6.45) is 3.91. The number of hydrogen-bond donors (Lipinski definition) is 1. The Labute approximate surface area is 174 Å². The van der Waals surface area contributed by atoms with Gasteiger partial charge in [-0.3, -0.25) is 4.79 Å². The summed E-state index contributed by atoms with van der Waals surface area (Å²) in [7, 11) is 1.37. The number of esters is 1. The third-order valence-corrected chi connectivity index (χ3v) is 4.47. The van der Waals surface area contributed by atoms with Crippen LogP contribution in [0.15, 0.2) is 49.1 Å². The van der Waals surface area contributed by atoms with E-state index in [4.69, 9.17) is 15.2 Å². The van der Waals surface area contributed by atoms with E-state index in [2.05, 4.69) is 32.6 Å². The summed E-state index contributed by atoms with van der Waals surface area (Å²) in [5, 5.41) is 0. The molecular formula is C23H30ClNO3. The van der Waals surface area contributed by atoms with Crippen LogP contribution in [0, 0.1) is 13.8 Å². The first-order valence-corrected chi connectivity index (χ1v) is 9.24. The summed E-state index contributed by atoms with van der Waals surface area (Å²) < 4.78 is 10.8. The molecule has 2 N–H and O–H groups in total. The molecule has 0 saturated carbocycles. The van der Waals surface area contributed by atoms with Gasteiger partial charge in [-0.05, 0) is 61.1 Å². The van der Waals surface area contributed by atoms with Crippen molar-refractivity contribution < 1.29 is 14.3 Å². The van der Waals surface area contributed by atoms with E-state index < -0.39 is 6.04 Å². The smallest absolute Gasteiger partial charge is 0.307 e. The molecule has 0 spiro atoms. The normalized spacial score (nSPS) is 11.3. The van der Waals surface area contributed by atoms with Crippen LogP contribution in [-0.4, -0.2) is 19.7 Å². The SMILES string of the molecule is C=CCCCOc1cc(C)cc(C)c1-c1cccc([C@@H](N)CC(=O)OC)c1.Cl. The number of hydrogen-bond acceptors (Lipinski definition) is 4. The number of aryl methyl sites for hydroxylation is 2. The summed E-state index contributed by atoms with van der Waals surface area (Å²) in [6.45, 7) is 8.54. The molecule has 0 aliphatic heterocycles. The Kier molecular flexibility index (Phi) is 9.77. The van der Waals surface area contributed by atoms with Gasteiger partial charge in [-0.1, -0.05) is 30.3 Å². The van der Waals surface area contributed by atoms with Gasteiger partial charge in [0.1, 0.15) is 5.75 Å². The van der Waals surface area contributed by atoms with Crippen LogP contribution >= 0.6 is 12.4 Å². The molecule has 2 aromatic rings. The van der Waals surface area contributed by atoms with Crippen LogP contribution in [0.1, 0.15) is 42.0 Å². The Morgan fingerprint density at radius 3 is 2.68 bits per heavy atom. The molecule has 0 fully saturated rings. The molecule has 0 radical (unpaired) electrons. The maximum absolute atomic E-state index is 11.5. The highest BCUT2D eigenvalue weighted by Crippen LogP contribution is 2.36. The zero-order chi connectivity index (χ0) is 19.8. The molecule has 0 bridgehead atoms. The highest BCUT2D eigenvalue weighted by atomic mass is 35.5. The summed E-state index contributed by atoms with van der Waals surface area (Å²) in [4.78, 5) is 11.5. The summed E-state index contributed by atoms with van der Waals surface area (Å²) in [5.74, 6) is 0.556. The monoisotopic (exact) mass is 403 g/mol. The number of unbranched alkanes of at least 4 members (excludes halogenated alkanes) is 1. The minimum Gasteiger partial charge on any atom is -0.493 e. The molecule has 0 aliphatic rings. The van der Waals surface area contributed by atoms with Gasteiger partial charge in [-0.2, -0.15) is 0 Å². The predicted molar refractivity (Wildman–Crippen MR) is 117 cm³/mol. The third-order valence-electron chi connectivity index (χ3n) is 4.47. The van der Waals surface area contributed by atoms with Gasteiger partial charge in [-0.15, -0.1) is 19.0 Å². The van der Waals surface area contributed by atoms with E-state index in [1.807, 2.05) is 30.3 Å². The average molecular weight is 404 g/mol. The fourth-order valence-corrected chi connectivity index (χ4v) is 3.13. The number of ether oxygens (including phenoxy) is 2. The van der Waals surface area contributed by atoms with Crippen LogP contribution < -0.4 is 10.5 Å². The lowest BCUT2D eigenvalue weighted by Crippen LogP contribution is -2.16. The van der Waals surface area contributed by atoms with Crippen molar-refractivity contribution >= 4 is 18.4 Å². The Hall–Kier alpha value is -2.30. The zero-order valence-corrected chi connectivity index (χ0v) is 17.7. The molecule has 152 valence electrons. The standard InChI is InChI=1S/C23H29NO3.ClH/c1-5-6-7-11-27-21-13-16(2)12-17(3)23(21)19-10-8-9-18(14-19)20(24)15-22(25)26-4;/h5,8-10,12-14,20H,1,6-7,11,15,24H2,2-4H3;1H/t20-;/m0./s1. The lowest BCUT2D eigenvalue weighted by Gasteiger charge is -2.17. The number of benzene rings is 2. The van der Waals surface area contributed by atoms with Crippen LogP contribution in [0.25, 0.3) is 11.1 Å². The Balaban J connectivity index is 0.00000392. The number of rotatable bonds is 9. The highest BCUT2D eigenvalue weighted by Gasteiger charge is 2.15. The van der Waals surface area contributed by atoms with Crippen LogP contribution in [0.3, 0.4) is 0 Å². The van der Waals surface area contributed by atoms with Gasteiger partial charge in [-0.25, -0.2) is 0 Å². The van der Waals surface area contributed by atoms with Crippen molar-refractivity contribution in [1.29, 1.82) is 0 Å². The molecule has 2 rings (SSSR count).